The predicted octanol–water partition coefficient (Wildman–Crippen LogP) is 2.48. The van der Waals surface area contributed by atoms with Crippen LogP contribution in [0.3, 0.4) is 0 Å². The van der Waals surface area contributed by atoms with E-state index in [2.05, 4.69) is 4.72 Å². The molecule has 0 saturated heterocycles. The Morgan fingerprint density at radius 3 is 2.52 bits per heavy atom. The highest BCUT2D eigenvalue weighted by atomic mass is 32.2. The van der Waals surface area contributed by atoms with Crippen molar-refractivity contribution in [3.63, 3.8) is 0 Å². The van der Waals surface area contributed by atoms with E-state index in [0.717, 1.165) is 12.1 Å². The number of nitrogens with one attached hydrogen (secondary N) is 2. The summed E-state index contributed by atoms with van der Waals surface area (Å²) in [6.07, 6.45) is -4.70. The van der Waals surface area contributed by atoms with E-state index in [1.54, 1.807) is 18.2 Å². The molecule has 0 atom stereocenters. The third-order valence-electron chi connectivity index (χ3n) is 3.72. The first-order valence-electron chi connectivity index (χ1n) is 7.50. The number of ether oxygens (including phenoxy) is 2. The molecule has 0 aliphatic carbocycles. The number of carbonyl (C=O) groups is 1. The second-order valence-corrected chi connectivity index (χ2v) is 7.25. The van der Waals surface area contributed by atoms with Gasteiger partial charge in [-0.05, 0) is 35.9 Å². The molecular formula is C16H13F3N2O5S. The van der Waals surface area contributed by atoms with Crippen LogP contribution in [0, 0.1) is 0 Å². The maximum atomic E-state index is 12.9. The predicted molar refractivity (Wildman–Crippen MR) is 87.7 cm³/mol. The van der Waals surface area contributed by atoms with Crippen molar-refractivity contribution >= 4 is 22.1 Å². The molecule has 1 aliphatic heterocycles. The lowest BCUT2D eigenvalue weighted by atomic mass is 10.1. The number of anilines is 1. The SMILES string of the molecule is O=CNc1cc(S(=O)(=O)NCc2ccc3c(c2)OCO3)ccc1C(F)(F)F. The van der Waals surface area contributed by atoms with Gasteiger partial charge in [-0.1, -0.05) is 6.07 Å². The van der Waals surface area contributed by atoms with E-state index in [4.69, 9.17) is 9.47 Å². The van der Waals surface area contributed by atoms with Crippen molar-refractivity contribution < 1.29 is 35.9 Å². The number of hydrogen-bond donors (Lipinski definition) is 2. The summed E-state index contributed by atoms with van der Waals surface area (Å²) in [4.78, 5) is 10.1. The lowest BCUT2D eigenvalue weighted by Crippen LogP contribution is -2.23. The van der Waals surface area contributed by atoms with Crippen LogP contribution >= 0.6 is 0 Å². The van der Waals surface area contributed by atoms with Gasteiger partial charge < -0.3 is 14.8 Å². The molecule has 0 saturated carbocycles. The summed E-state index contributed by atoms with van der Waals surface area (Å²) in [6.45, 7) is -0.0426. The van der Waals surface area contributed by atoms with Crippen LogP contribution < -0.4 is 19.5 Å². The number of carbonyl (C=O) groups excluding carboxylic acids is 1. The van der Waals surface area contributed by atoms with Crippen LogP contribution in [-0.2, 0) is 27.5 Å². The average Bonchev–Trinajstić information content (AvgIpc) is 3.07. The van der Waals surface area contributed by atoms with Crippen molar-refractivity contribution in [3.8, 4) is 11.5 Å². The molecule has 3 rings (SSSR count). The van der Waals surface area contributed by atoms with Crippen LogP contribution in [0.1, 0.15) is 11.1 Å². The summed E-state index contributed by atoms with van der Waals surface area (Å²) in [7, 11) is -4.12. The van der Waals surface area contributed by atoms with E-state index in [9.17, 15) is 26.4 Å². The Morgan fingerprint density at radius 2 is 1.81 bits per heavy atom. The van der Waals surface area contributed by atoms with Gasteiger partial charge in [0.2, 0.25) is 23.2 Å². The van der Waals surface area contributed by atoms with Crippen LogP contribution in [0.4, 0.5) is 18.9 Å². The van der Waals surface area contributed by atoms with Crippen molar-refractivity contribution in [2.75, 3.05) is 12.1 Å². The maximum Gasteiger partial charge on any atom is 0.418 e. The minimum absolute atomic E-state index is 0.0427. The van der Waals surface area contributed by atoms with Gasteiger partial charge in [0.05, 0.1) is 16.1 Å². The standard InChI is InChI=1S/C16H13F3N2O5S/c17-16(18,19)12-3-2-11(6-13(12)20-8-22)27(23,24)21-7-10-1-4-14-15(5-10)26-9-25-14/h1-6,8,21H,7,9H2,(H,20,22). The minimum atomic E-state index is -4.74. The maximum absolute atomic E-state index is 12.9. The number of rotatable bonds is 6. The number of hydrogen-bond acceptors (Lipinski definition) is 5. The van der Waals surface area contributed by atoms with Gasteiger partial charge in [0.25, 0.3) is 0 Å². The van der Waals surface area contributed by atoms with Crippen LogP contribution in [0.15, 0.2) is 41.3 Å². The number of amides is 1. The van der Waals surface area contributed by atoms with Gasteiger partial charge in [0.1, 0.15) is 0 Å². The minimum Gasteiger partial charge on any atom is -0.454 e. The van der Waals surface area contributed by atoms with Crippen LogP contribution in [0.25, 0.3) is 0 Å². The Bertz CT molecular complexity index is 977. The molecule has 11 heteroatoms. The first kappa shape index (κ1) is 19.0. The fourth-order valence-corrected chi connectivity index (χ4v) is 3.48. The molecule has 1 heterocycles. The Hall–Kier alpha value is -2.79. The molecule has 1 aliphatic rings. The lowest BCUT2D eigenvalue weighted by Gasteiger charge is -2.14. The lowest BCUT2D eigenvalue weighted by molar-refractivity contribution is -0.137. The summed E-state index contributed by atoms with van der Waals surface area (Å²) < 4.78 is 76.2. The van der Waals surface area contributed by atoms with E-state index in [1.807, 2.05) is 5.32 Å². The topological polar surface area (TPSA) is 93.7 Å². The molecule has 0 unspecified atom stereocenters. The summed E-state index contributed by atoms with van der Waals surface area (Å²) in [6, 6.07) is 7.01. The van der Waals surface area contributed by atoms with Crippen LogP contribution in [0.5, 0.6) is 11.5 Å². The van der Waals surface area contributed by atoms with E-state index in [0.29, 0.717) is 23.1 Å². The fraction of sp³-hybridized carbons (Fsp3) is 0.188. The number of benzene rings is 2. The molecule has 27 heavy (non-hydrogen) atoms. The number of sulfonamides is 1. The molecule has 144 valence electrons. The molecule has 0 radical (unpaired) electrons. The molecule has 2 aromatic carbocycles. The van der Waals surface area contributed by atoms with Crippen molar-refractivity contribution in [1.29, 1.82) is 0 Å². The van der Waals surface area contributed by atoms with Crippen molar-refractivity contribution in [2.24, 2.45) is 0 Å². The number of halogens is 3. The Labute approximate surface area is 152 Å². The zero-order valence-electron chi connectivity index (χ0n) is 13.5. The molecule has 1 amide bonds. The zero-order valence-corrected chi connectivity index (χ0v) is 14.4. The van der Waals surface area contributed by atoms with Gasteiger partial charge in [0.15, 0.2) is 11.5 Å². The Balaban J connectivity index is 1.82. The van der Waals surface area contributed by atoms with E-state index >= 15 is 0 Å². The molecule has 0 bridgehead atoms. The van der Waals surface area contributed by atoms with E-state index in [1.165, 1.54) is 0 Å². The summed E-state index contributed by atoms with van der Waals surface area (Å²) in [5, 5.41) is 1.87. The van der Waals surface area contributed by atoms with E-state index < -0.39 is 32.3 Å². The number of alkyl halides is 3. The second-order valence-electron chi connectivity index (χ2n) is 5.48. The third kappa shape index (κ3) is 4.14. The van der Waals surface area contributed by atoms with Crippen LogP contribution in [-0.4, -0.2) is 21.6 Å². The highest BCUT2D eigenvalue weighted by Gasteiger charge is 2.34. The van der Waals surface area contributed by atoms with Crippen molar-refractivity contribution in [1.82, 2.24) is 4.72 Å². The summed E-state index contributed by atoms with van der Waals surface area (Å²) >= 11 is 0. The smallest absolute Gasteiger partial charge is 0.418 e. The molecule has 2 aromatic rings. The van der Waals surface area contributed by atoms with Gasteiger partial charge in [-0.15, -0.1) is 0 Å². The molecule has 2 N–H and O–H groups in total. The number of fused-ring (bicyclic) bond motifs is 1. The molecule has 0 aromatic heterocycles. The first-order valence-corrected chi connectivity index (χ1v) is 8.98. The average molecular weight is 402 g/mol. The monoisotopic (exact) mass is 402 g/mol. The Kier molecular flexibility index (Phi) is 4.98. The normalized spacial score (nSPS) is 13.4. The van der Waals surface area contributed by atoms with Crippen LogP contribution in [0.2, 0.25) is 0 Å². The molecular weight excluding hydrogens is 389 g/mol. The van der Waals surface area contributed by atoms with Gasteiger partial charge in [-0.25, -0.2) is 13.1 Å². The summed E-state index contributed by atoms with van der Waals surface area (Å²) in [5.74, 6) is 1.01. The van der Waals surface area contributed by atoms with Gasteiger partial charge in [0, 0.05) is 6.54 Å². The quantitative estimate of drug-likeness (QED) is 0.724. The first-order chi connectivity index (χ1) is 12.7. The third-order valence-corrected chi connectivity index (χ3v) is 5.12. The van der Waals surface area contributed by atoms with Gasteiger partial charge in [-0.3, -0.25) is 4.79 Å². The highest BCUT2D eigenvalue weighted by Crippen LogP contribution is 2.36. The largest absolute Gasteiger partial charge is 0.454 e. The molecule has 7 nitrogen and oxygen atoms in total. The van der Waals surface area contributed by atoms with Gasteiger partial charge >= 0.3 is 6.18 Å². The fourth-order valence-electron chi connectivity index (χ4n) is 2.43. The molecule has 0 fully saturated rings. The van der Waals surface area contributed by atoms with E-state index in [-0.39, 0.29) is 19.7 Å². The summed E-state index contributed by atoms with van der Waals surface area (Å²) in [5.41, 5.74) is -1.23. The second kappa shape index (κ2) is 7.08. The van der Waals surface area contributed by atoms with Crippen molar-refractivity contribution in [3.05, 3.63) is 47.5 Å². The zero-order chi connectivity index (χ0) is 19.7. The van der Waals surface area contributed by atoms with Gasteiger partial charge in [-0.2, -0.15) is 13.2 Å². The molecule has 0 spiro atoms. The van der Waals surface area contributed by atoms with Crippen molar-refractivity contribution in [2.45, 2.75) is 17.6 Å². The highest BCUT2D eigenvalue weighted by molar-refractivity contribution is 7.89. The Morgan fingerprint density at radius 1 is 1.07 bits per heavy atom.